The number of hydrogen-bond acceptors (Lipinski definition) is 3. The summed E-state index contributed by atoms with van der Waals surface area (Å²) < 4.78 is 0. The second-order valence-electron chi connectivity index (χ2n) is 3.96. The molecule has 1 saturated heterocycles. The first-order valence-electron chi connectivity index (χ1n) is 5.46. The topological polar surface area (TPSA) is 28.2 Å². The number of aromatic nitrogens is 1. The van der Waals surface area contributed by atoms with Gasteiger partial charge in [-0.15, -0.1) is 0 Å². The van der Waals surface area contributed by atoms with Crippen LogP contribution in [0.4, 0.5) is 0 Å². The Balaban J connectivity index is 2.06. The Morgan fingerprint density at radius 3 is 2.69 bits per heavy atom. The van der Waals surface area contributed by atoms with Crippen LogP contribution in [0, 0.1) is 0 Å². The third kappa shape index (κ3) is 2.66. The van der Waals surface area contributed by atoms with E-state index in [4.69, 9.17) is 23.2 Å². The van der Waals surface area contributed by atoms with E-state index < -0.39 is 0 Å². The second-order valence-corrected chi connectivity index (χ2v) is 4.70. The van der Waals surface area contributed by atoms with Crippen LogP contribution >= 0.6 is 23.2 Å². The van der Waals surface area contributed by atoms with Gasteiger partial charge in [0.05, 0.1) is 0 Å². The molecule has 0 saturated carbocycles. The molecule has 16 heavy (non-hydrogen) atoms. The highest BCUT2D eigenvalue weighted by Gasteiger charge is 2.23. The summed E-state index contributed by atoms with van der Waals surface area (Å²) in [6, 6.07) is 4.36. The van der Waals surface area contributed by atoms with E-state index in [0.717, 1.165) is 31.7 Å². The van der Waals surface area contributed by atoms with Gasteiger partial charge < -0.3 is 5.32 Å². The van der Waals surface area contributed by atoms with Crippen LogP contribution in [-0.4, -0.2) is 35.6 Å². The summed E-state index contributed by atoms with van der Waals surface area (Å²) in [6.45, 7) is 6.14. The van der Waals surface area contributed by atoms with Crippen molar-refractivity contribution in [3.63, 3.8) is 0 Å². The Kier molecular flexibility index (Phi) is 4.03. The van der Waals surface area contributed by atoms with Gasteiger partial charge in [0.2, 0.25) is 0 Å². The molecule has 0 aliphatic carbocycles. The first-order valence-corrected chi connectivity index (χ1v) is 6.22. The van der Waals surface area contributed by atoms with E-state index in [-0.39, 0.29) is 0 Å². The lowest BCUT2D eigenvalue weighted by molar-refractivity contribution is 0.145. The zero-order chi connectivity index (χ0) is 11.5. The highest BCUT2D eigenvalue weighted by molar-refractivity contribution is 6.32. The maximum Gasteiger partial charge on any atom is 0.135 e. The lowest BCUT2D eigenvalue weighted by Gasteiger charge is -2.37. The summed E-state index contributed by atoms with van der Waals surface area (Å²) in [5, 5.41) is 4.23. The maximum atomic E-state index is 6.06. The van der Waals surface area contributed by atoms with Gasteiger partial charge in [0.25, 0.3) is 0 Å². The molecular weight excluding hydrogens is 245 g/mol. The summed E-state index contributed by atoms with van der Waals surface area (Å²) in [5.41, 5.74) is 1.04. The van der Waals surface area contributed by atoms with Crippen molar-refractivity contribution in [1.29, 1.82) is 0 Å². The standard InChI is InChI=1S/C11H15Cl2N3/c1-2-16(9-5-14-6-9)7-8-3-4-10(12)15-11(8)13/h3-4,9,14H,2,5-7H2,1H3. The van der Waals surface area contributed by atoms with Gasteiger partial charge in [-0.25, -0.2) is 4.98 Å². The van der Waals surface area contributed by atoms with Gasteiger partial charge in [0, 0.05) is 31.2 Å². The van der Waals surface area contributed by atoms with E-state index >= 15 is 0 Å². The van der Waals surface area contributed by atoms with Crippen molar-refractivity contribution in [1.82, 2.24) is 15.2 Å². The number of halogens is 2. The highest BCUT2D eigenvalue weighted by Crippen LogP contribution is 2.19. The maximum absolute atomic E-state index is 6.06. The Morgan fingerprint density at radius 1 is 1.44 bits per heavy atom. The molecule has 0 bridgehead atoms. The van der Waals surface area contributed by atoms with Crippen LogP contribution in [0.15, 0.2) is 12.1 Å². The number of hydrogen-bond donors (Lipinski definition) is 1. The average molecular weight is 260 g/mol. The van der Waals surface area contributed by atoms with Gasteiger partial charge in [-0.3, -0.25) is 4.90 Å². The van der Waals surface area contributed by atoms with Crippen LogP contribution < -0.4 is 5.32 Å². The minimum atomic E-state index is 0.446. The van der Waals surface area contributed by atoms with Crippen molar-refractivity contribution >= 4 is 23.2 Å². The number of likely N-dealkylation sites (N-methyl/N-ethyl adjacent to an activating group) is 1. The van der Waals surface area contributed by atoms with Crippen LogP contribution in [0.2, 0.25) is 10.3 Å². The number of nitrogens with zero attached hydrogens (tertiary/aromatic N) is 2. The zero-order valence-corrected chi connectivity index (χ0v) is 10.7. The number of rotatable bonds is 4. The van der Waals surface area contributed by atoms with Crippen LogP contribution in [0.25, 0.3) is 0 Å². The molecule has 0 radical (unpaired) electrons. The van der Waals surface area contributed by atoms with E-state index in [9.17, 15) is 0 Å². The van der Waals surface area contributed by atoms with Crippen molar-refractivity contribution < 1.29 is 0 Å². The van der Waals surface area contributed by atoms with E-state index in [1.165, 1.54) is 0 Å². The van der Waals surface area contributed by atoms with Crippen LogP contribution in [0.3, 0.4) is 0 Å². The molecule has 1 aliphatic heterocycles. The van der Waals surface area contributed by atoms with E-state index in [1.54, 1.807) is 6.07 Å². The molecule has 0 unspecified atom stereocenters. The van der Waals surface area contributed by atoms with Crippen molar-refractivity contribution in [2.75, 3.05) is 19.6 Å². The molecule has 1 aromatic rings. The lowest BCUT2D eigenvalue weighted by Crippen LogP contribution is -2.56. The first-order chi connectivity index (χ1) is 7.70. The van der Waals surface area contributed by atoms with Gasteiger partial charge in [-0.1, -0.05) is 36.2 Å². The normalized spacial score (nSPS) is 16.5. The molecule has 1 aliphatic rings. The predicted molar refractivity (Wildman–Crippen MR) is 67.0 cm³/mol. The van der Waals surface area contributed by atoms with Gasteiger partial charge in [0.1, 0.15) is 10.3 Å². The van der Waals surface area contributed by atoms with Gasteiger partial charge in [-0.05, 0) is 12.6 Å². The molecule has 0 spiro atoms. The lowest BCUT2D eigenvalue weighted by atomic mass is 10.1. The molecule has 1 N–H and O–H groups in total. The monoisotopic (exact) mass is 259 g/mol. The van der Waals surface area contributed by atoms with E-state index in [1.807, 2.05) is 6.07 Å². The fourth-order valence-electron chi connectivity index (χ4n) is 1.81. The van der Waals surface area contributed by atoms with Crippen LogP contribution in [-0.2, 0) is 6.54 Å². The molecule has 5 heteroatoms. The minimum absolute atomic E-state index is 0.446. The molecule has 2 heterocycles. The number of pyridine rings is 1. The summed E-state index contributed by atoms with van der Waals surface area (Å²) in [5.74, 6) is 0. The largest absolute Gasteiger partial charge is 0.314 e. The van der Waals surface area contributed by atoms with Crippen molar-refractivity contribution in [2.24, 2.45) is 0 Å². The molecule has 0 aromatic carbocycles. The first kappa shape index (κ1) is 12.1. The summed E-state index contributed by atoms with van der Waals surface area (Å²) in [7, 11) is 0. The van der Waals surface area contributed by atoms with E-state index in [2.05, 4.69) is 22.1 Å². The van der Waals surface area contributed by atoms with Gasteiger partial charge >= 0.3 is 0 Å². The third-order valence-corrected chi connectivity index (χ3v) is 3.49. The van der Waals surface area contributed by atoms with Crippen molar-refractivity contribution in [2.45, 2.75) is 19.5 Å². The van der Waals surface area contributed by atoms with Crippen LogP contribution in [0.1, 0.15) is 12.5 Å². The molecule has 0 atom stereocenters. The van der Waals surface area contributed by atoms with E-state index in [0.29, 0.717) is 16.3 Å². The molecule has 1 aromatic heterocycles. The summed E-state index contributed by atoms with van der Waals surface area (Å²) >= 11 is 11.8. The van der Waals surface area contributed by atoms with Gasteiger partial charge in [0.15, 0.2) is 0 Å². The SMILES string of the molecule is CCN(Cc1ccc(Cl)nc1Cl)C1CNC1. The fraction of sp³-hybridized carbons (Fsp3) is 0.545. The molecular formula is C11H15Cl2N3. The second kappa shape index (κ2) is 5.32. The Hall–Kier alpha value is -0.350. The molecule has 3 nitrogen and oxygen atoms in total. The predicted octanol–water partition coefficient (Wildman–Crippen LogP) is 2.18. The highest BCUT2D eigenvalue weighted by atomic mass is 35.5. The average Bonchev–Trinajstić information content (AvgIpc) is 2.18. The Labute approximate surface area is 106 Å². The molecule has 0 amide bonds. The fourth-order valence-corrected chi connectivity index (χ4v) is 2.21. The summed E-state index contributed by atoms with van der Waals surface area (Å²) in [4.78, 5) is 6.45. The van der Waals surface area contributed by atoms with Crippen molar-refractivity contribution in [3.8, 4) is 0 Å². The zero-order valence-electron chi connectivity index (χ0n) is 9.21. The number of nitrogens with one attached hydrogen (secondary N) is 1. The molecule has 88 valence electrons. The Bertz CT molecular complexity index is 366. The molecule has 2 rings (SSSR count). The van der Waals surface area contributed by atoms with Crippen LogP contribution in [0.5, 0.6) is 0 Å². The minimum Gasteiger partial charge on any atom is -0.314 e. The quantitative estimate of drug-likeness (QED) is 0.841. The third-order valence-electron chi connectivity index (χ3n) is 2.95. The Morgan fingerprint density at radius 2 is 2.19 bits per heavy atom. The van der Waals surface area contributed by atoms with Gasteiger partial charge in [-0.2, -0.15) is 0 Å². The molecule has 1 fully saturated rings. The smallest absolute Gasteiger partial charge is 0.135 e. The van der Waals surface area contributed by atoms with Crippen molar-refractivity contribution in [3.05, 3.63) is 28.0 Å². The summed E-state index contributed by atoms with van der Waals surface area (Å²) in [6.07, 6.45) is 0.